The van der Waals surface area contributed by atoms with Crippen molar-refractivity contribution >= 4 is 46.6 Å². The molecule has 9 heteroatoms. The van der Waals surface area contributed by atoms with E-state index in [2.05, 4.69) is 22.0 Å². The second kappa shape index (κ2) is 12.2. The molecule has 4 rings (SSSR count). The normalized spacial score (nSPS) is 14.9. The first kappa shape index (κ1) is 28.0. The number of hydrogen-bond acceptors (Lipinski definition) is 5. The molecule has 0 saturated carbocycles. The Morgan fingerprint density at radius 2 is 1.69 bits per heavy atom. The molecule has 0 aliphatic carbocycles. The summed E-state index contributed by atoms with van der Waals surface area (Å²) in [6.07, 6.45) is 0. The Morgan fingerprint density at radius 3 is 2.41 bits per heavy atom. The molecule has 1 heterocycles. The van der Waals surface area contributed by atoms with E-state index in [1.54, 1.807) is 56.3 Å². The molecular weight excluding hydrogens is 535 g/mol. The summed E-state index contributed by atoms with van der Waals surface area (Å²) in [5.41, 5.74) is 3.85. The molecule has 2 amide bonds. The first-order valence-electron chi connectivity index (χ1n) is 12.1. The fourth-order valence-corrected chi connectivity index (χ4v) is 5.38. The van der Waals surface area contributed by atoms with Crippen LogP contribution in [0.1, 0.15) is 29.5 Å². The zero-order valence-corrected chi connectivity index (χ0v) is 23.1. The Bertz CT molecular complexity index is 1560. The zero-order valence-electron chi connectivity index (χ0n) is 21.6. The van der Waals surface area contributed by atoms with Crippen LogP contribution in [0.15, 0.2) is 88.6 Å². The third-order valence-electron chi connectivity index (χ3n) is 6.39. The van der Waals surface area contributed by atoms with Crippen LogP contribution < -0.4 is 16.0 Å². The number of nitriles is 1. The SMILES string of the molecule is CC1=C(C(=O)Nc2ccccc2C)C(c2ccccc2F)C(C#N)=C(SCC(=O)Nc2cccc(Cl)c2C)N1. The molecule has 0 radical (unpaired) electrons. The lowest BCUT2D eigenvalue weighted by Gasteiger charge is -2.30. The van der Waals surface area contributed by atoms with Crippen LogP contribution in [-0.4, -0.2) is 17.6 Å². The number of dihydropyridines is 1. The molecule has 3 aromatic rings. The predicted molar refractivity (Wildman–Crippen MR) is 155 cm³/mol. The fraction of sp³-hybridized carbons (Fsp3) is 0.167. The van der Waals surface area contributed by atoms with Crippen molar-refractivity contribution in [3.05, 3.63) is 116 Å². The van der Waals surface area contributed by atoms with Gasteiger partial charge in [0.25, 0.3) is 5.91 Å². The Morgan fingerprint density at radius 1 is 1.00 bits per heavy atom. The zero-order chi connectivity index (χ0) is 28.1. The molecule has 0 saturated heterocycles. The summed E-state index contributed by atoms with van der Waals surface area (Å²) in [6.45, 7) is 5.38. The molecule has 198 valence electrons. The Balaban J connectivity index is 1.66. The molecule has 0 spiro atoms. The number of allylic oxidation sites excluding steroid dienone is 2. The van der Waals surface area contributed by atoms with Crippen LogP contribution in [-0.2, 0) is 9.59 Å². The number of benzene rings is 3. The first-order chi connectivity index (χ1) is 18.7. The van der Waals surface area contributed by atoms with Crippen molar-refractivity contribution in [2.45, 2.75) is 26.7 Å². The van der Waals surface area contributed by atoms with E-state index < -0.39 is 17.6 Å². The van der Waals surface area contributed by atoms with Gasteiger partial charge in [-0.25, -0.2) is 4.39 Å². The number of hydrogen-bond donors (Lipinski definition) is 3. The minimum atomic E-state index is -0.970. The van der Waals surface area contributed by atoms with E-state index >= 15 is 4.39 Å². The topological polar surface area (TPSA) is 94.0 Å². The van der Waals surface area contributed by atoms with Gasteiger partial charge in [-0.15, -0.1) is 0 Å². The number of carbonyl (C=O) groups excluding carboxylic acids is 2. The standard InChI is InChI=1S/C30H26ClFN4O2S/c1-17-9-4-7-13-24(17)36-29(38)27-19(3)34-30(21(15-33)28(27)20-10-5-6-12-23(20)32)39-16-26(37)35-25-14-8-11-22(31)18(25)2/h4-14,28,34H,16H2,1-3H3,(H,35,37)(H,36,38). The van der Waals surface area contributed by atoms with E-state index in [-0.39, 0.29) is 28.4 Å². The van der Waals surface area contributed by atoms with E-state index in [9.17, 15) is 14.9 Å². The second-order valence-corrected chi connectivity index (χ2v) is 10.4. The summed E-state index contributed by atoms with van der Waals surface area (Å²) in [7, 11) is 0. The molecule has 3 N–H and O–H groups in total. The van der Waals surface area contributed by atoms with Crippen LogP contribution in [0.2, 0.25) is 5.02 Å². The maximum atomic E-state index is 15.1. The van der Waals surface area contributed by atoms with Gasteiger partial charge in [-0.05, 0) is 56.2 Å². The highest BCUT2D eigenvalue weighted by Crippen LogP contribution is 2.42. The highest BCUT2D eigenvalue weighted by atomic mass is 35.5. The van der Waals surface area contributed by atoms with Gasteiger partial charge in [-0.2, -0.15) is 5.26 Å². The van der Waals surface area contributed by atoms with Gasteiger partial charge in [0.2, 0.25) is 5.91 Å². The van der Waals surface area contributed by atoms with E-state index in [0.717, 1.165) is 22.9 Å². The minimum absolute atomic E-state index is 0.0263. The summed E-state index contributed by atoms with van der Waals surface area (Å²) in [5.74, 6) is -2.29. The van der Waals surface area contributed by atoms with Crippen molar-refractivity contribution in [2.24, 2.45) is 0 Å². The number of anilines is 2. The molecule has 1 aliphatic heterocycles. The van der Waals surface area contributed by atoms with Crippen LogP contribution in [0.5, 0.6) is 0 Å². The van der Waals surface area contributed by atoms with Gasteiger partial charge in [-0.3, -0.25) is 9.59 Å². The van der Waals surface area contributed by atoms with Crippen molar-refractivity contribution in [3.8, 4) is 6.07 Å². The van der Waals surface area contributed by atoms with Crippen LogP contribution in [0.25, 0.3) is 0 Å². The van der Waals surface area contributed by atoms with Crippen molar-refractivity contribution in [3.63, 3.8) is 0 Å². The van der Waals surface area contributed by atoms with Crippen molar-refractivity contribution in [2.75, 3.05) is 16.4 Å². The third kappa shape index (κ3) is 6.17. The van der Waals surface area contributed by atoms with Gasteiger partial charge >= 0.3 is 0 Å². The maximum absolute atomic E-state index is 15.1. The average Bonchev–Trinajstić information content (AvgIpc) is 2.91. The number of amides is 2. The number of rotatable bonds is 7. The lowest BCUT2D eigenvalue weighted by atomic mass is 9.82. The van der Waals surface area contributed by atoms with Gasteiger partial charge in [0.15, 0.2) is 0 Å². The molecular formula is C30H26ClFN4O2S. The van der Waals surface area contributed by atoms with Crippen LogP contribution in [0.3, 0.4) is 0 Å². The maximum Gasteiger partial charge on any atom is 0.254 e. The fourth-order valence-electron chi connectivity index (χ4n) is 4.32. The summed E-state index contributed by atoms with van der Waals surface area (Å²) in [6, 6.07) is 20.8. The average molecular weight is 561 g/mol. The highest BCUT2D eigenvalue weighted by molar-refractivity contribution is 8.03. The largest absolute Gasteiger partial charge is 0.353 e. The number of nitrogens with zero attached hydrogens (tertiary/aromatic N) is 1. The van der Waals surface area contributed by atoms with E-state index in [1.807, 2.05) is 25.1 Å². The summed E-state index contributed by atoms with van der Waals surface area (Å²) < 4.78 is 15.1. The highest BCUT2D eigenvalue weighted by Gasteiger charge is 2.36. The summed E-state index contributed by atoms with van der Waals surface area (Å²) >= 11 is 7.27. The lowest BCUT2D eigenvalue weighted by molar-refractivity contribution is -0.114. The number of aryl methyl sites for hydroxylation is 1. The molecule has 3 aromatic carbocycles. The first-order valence-corrected chi connectivity index (χ1v) is 13.5. The van der Waals surface area contributed by atoms with Gasteiger partial charge in [0, 0.05) is 33.2 Å². The molecule has 0 aromatic heterocycles. The molecule has 0 fully saturated rings. The molecule has 1 aliphatic rings. The van der Waals surface area contributed by atoms with E-state index in [0.29, 0.717) is 27.1 Å². The third-order valence-corrected chi connectivity index (χ3v) is 7.82. The molecule has 0 bridgehead atoms. The summed E-state index contributed by atoms with van der Waals surface area (Å²) in [4.78, 5) is 26.3. The van der Waals surface area contributed by atoms with Gasteiger partial charge in [-0.1, -0.05) is 65.8 Å². The molecule has 1 unspecified atom stereocenters. The van der Waals surface area contributed by atoms with Crippen LogP contribution in [0, 0.1) is 31.0 Å². The van der Waals surface area contributed by atoms with Crippen molar-refractivity contribution < 1.29 is 14.0 Å². The van der Waals surface area contributed by atoms with E-state index in [1.165, 1.54) is 6.07 Å². The quantitative estimate of drug-likeness (QED) is 0.295. The number of carbonyl (C=O) groups is 2. The monoisotopic (exact) mass is 560 g/mol. The van der Waals surface area contributed by atoms with Gasteiger partial charge in [0.05, 0.1) is 28.3 Å². The molecule has 1 atom stereocenters. The van der Waals surface area contributed by atoms with Crippen LogP contribution in [0.4, 0.5) is 15.8 Å². The van der Waals surface area contributed by atoms with E-state index in [4.69, 9.17) is 11.6 Å². The Kier molecular flexibility index (Phi) is 8.75. The van der Waals surface area contributed by atoms with Gasteiger partial charge in [0.1, 0.15) is 5.82 Å². The smallest absolute Gasteiger partial charge is 0.254 e. The molecule has 39 heavy (non-hydrogen) atoms. The summed E-state index contributed by atoms with van der Waals surface area (Å²) in [5, 5.41) is 20.0. The molecule has 6 nitrogen and oxygen atoms in total. The van der Waals surface area contributed by atoms with Gasteiger partial charge < -0.3 is 16.0 Å². The predicted octanol–water partition coefficient (Wildman–Crippen LogP) is 6.80. The van der Waals surface area contributed by atoms with Crippen molar-refractivity contribution in [1.29, 1.82) is 5.26 Å². The number of para-hydroxylation sites is 1. The number of thioether (sulfide) groups is 1. The van der Waals surface area contributed by atoms with Crippen molar-refractivity contribution in [1.82, 2.24) is 5.32 Å². The number of nitrogens with one attached hydrogen (secondary N) is 3. The Labute approximate surface area is 235 Å². The minimum Gasteiger partial charge on any atom is -0.353 e. The van der Waals surface area contributed by atoms with Crippen LogP contribution >= 0.6 is 23.4 Å². The Hall–Kier alpha value is -4.06. The lowest BCUT2D eigenvalue weighted by Crippen LogP contribution is -2.31. The second-order valence-electron chi connectivity index (χ2n) is 8.99. The number of halogens is 2.